The second-order valence-electron chi connectivity index (χ2n) is 6.46. The highest BCUT2D eigenvalue weighted by molar-refractivity contribution is 6.30. The van der Waals surface area contributed by atoms with Crippen molar-refractivity contribution in [3.05, 3.63) is 100 Å². The van der Waals surface area contributed by atoms with E-state index in [2.05, 4.69) is 15.8 Å². The first-order chi connectivity index (χ1) is 15.4. The van der Waals surface area contributed by atoms with Gasteiger partial charge in [0.25, 0.3) is 11.8 Å². The van der Waals surface area contributed by atoms with Gasteiger partial charge in [0.2, 0.25) is 0 Å². The Kier molecular flexibility index (Phi) is 7.66. The summed E-state index contributed by atoms with van der Waals surface area (Å²) in [6, 6.07) is 17.8. The van der Waals surface area contributed by atoms with Gasteiger partial charge in [0.1, 0.15) is 11.6 Å². The number of benzene rings is 3. The number of hydrazone groups is 1. The lowest BCUT2D eigenvalue weighted by molar-refractivity contribution is -0.120. The van der Waals surface area contributed by atoms with Crippen LogP contribution >= 0.6 is 11.6 Å². The summed E-state index contributed by atoms with van der Waals surface area (Å²) in [4.78, 5) is 35.9. The summed E-state index contributed by atoms with van der Waals surface area (Å²) in [6.45, 7) is -0.274. The minimum absolute atomic E-state index is 0.0805. The fraction of sp³-hybridized carbons (Fsp3) is 0.0435. The number of halogens is 2. The number of amides is 2. The van der Waals surface area contributed by atoms with E-state index in [-0.39, 0.29) is 17.9 Å². The molecule has 9 heteroatoms. The van der Waals surface area contributed by atoms with Crippen molar-refractivity contribution in [1.29, 1.82) is 0 Å². The van der Waals surface area contributed by atoms with Gasteiger partial charge in [-0.15, -0.1) is 0 Å². The van der Waals surface area contributed by atoms with E-state index >= 15 is 0 Å². The molecule has 0 saturated heterocycles. The van der Waals surface area contributed by atoms with Crippen LogP contribution in [0.4, 0.5) is 4.39 Å². The summed E-state index contributed by atoms with van der Waals surface area (Å²) in [7, 11) is 0. The van der Waals surface area contributed by atoms with Crippen molar-refractivity contribution in [3.63, 3.8) is 0 Å². The summed E-state index contributed by atoms with van der Waals surface area (Å²) in [5, 5.41) is 6.78. The molecule has 0 saturated carbocycles. The van der Waals surface area contributed by atoms with E-state index in [4.69, 9.17) is 16.3 Å². The third-order valence-corrected chi connectivity index (χ3v) is 4.30. The van der Waals surface area contributed by atoms with Gasteiger partial charge in [0, 0.05) is 10.6 Å². The van der Waals surface area contributed by atoms with Gasteiger partial charge in [-0.25, -0.2) is 14.6 Å². The number of nitrogens with one attached hydrogen (secondary N) is 2. The van der Waals surface area contributed by atoms with Crippen molar-refractivity contribution in [2.75, 3.05) is 6.54 Å². The van der Waals surface area contributed by atoms with Crippen molar-refractivity contribution in [2.24, 2.45) is 5.10 Å². The zero-order valence-corrected chi connectivity index (χ0v) is 17.3. The molecule has 7 nitrogen and oxygen atoms in total. The van der Waals surface area contributed by atoms with Gasteiger partial charge >= 0.3 is 5.97 Å². The van der Waals surface area contributed by atoms with Gasteiger partial charge in [-0.05, 0) is 60.2 Å². The largest absolute Gasteiger partial charge is 0.423 e. The zero-order valence-electron chi connectivity index (χ0n) is 16.5. The molecule has 162 valence electrons. The molecule has 0 aromatic heterocycles. The molecule has 0 aliphatic carbocycles. The predicted molar refractivity (Wildman–Crippen MR) is 117 cm³/mol. The Morgan fingerprint density at radius 2 is 1.72 bits per heavy atom. The fourth-order valence-electron chi connectivity index (χ4n) is 2.52. The molecule has 0 radical (unpaired) electrons. The molecule has 3 aromatic rings. The smallest absolute Gasteiger partial charge is 0.343 e. The highest BCUT2D eigenvalue weighted by atomic mass is 35.5. The number of esters is 1. The van der Waals surface area contributed by atoms with Crippen LogP contribution in [0.5, 0.6) is 5.75 Å². The summed E-state index contributed by atoms with van der Waals surface area (Å²) in [6.07, 6.45) is 1.35. The van der Waals surface area contributed by atoms with E-state index in [1.54, 1.807) is 42.5 Å². The Hall–Kier alpha value is -4.04. The Morgan fingerprint density at radius 1 is 0.969 bits per heavy atom. The van der Waals surface area contributed by atoms with Gasteiger partial charge in [-0.2, -0.15) is 5.10 Å². The highest BCUT2D eigenvalue weighted by Crippen LogP contribution is 2.15. The van der Waals surface area contributed by atoms with Crippen molar-refractivity contribution in [1.82, 2.24) is 10.7 Å². The topological polar surface area (TPSA) is 96.9 Å². The van der Waals surface area contributed by atoms with Gasteiger partial charge < -0.3 is 10.1 Å². The molecule has 3 aromatic carbocycles. The number of hydrogen-bond acceptors (Lipinski definition) is 5. The number of carbonyl (C=O) groups is 3. The lowest BCUT2D eigenvalue weighted by Gasteiger charge is -2.05. The van der Waals surface area contributed by atoms with E-state index in [0.29, 0.717) is 16.1 Å². The lowest BCUT2D eigenvalue weighted by atomic mass is 10.2. The Bertz CT molecular complexity index is 1170. The van der Waals surface area contributed by atoms with E-state index in [1.165, 1.54) is 30.5 Å². The average Bonchev–Trinajstić information content (AvgIpc) is 2.78. The van der Waals surface area contributed by atoms with E-state index < -0.39 is 23.6 Å². The van der Waals surface area contributed by atoms with Crippen molar-refractivity contribution in [3.8, 4) is 5.75 Å². The second-order valence-corrected chi connectivity index (χ2v) is 6.89. The monoisotopic (exact) mass is 453 g/mol. The molecule has 32 heavy (non-hydrogen) atoms. The Labute approximate surface area is 187 Å². The maximum atomic E-state index is 13.2. The third-order valence-electron chi connectivity index (χ3n) is 4.05. The number of carbonyl (C=O) groups excluding carboxylic acids is 3. The maximum absolute atomic E-state index is 13.2. The third kappa shape index (κ3) is 6.75. The summed E-state index contributed by atoms with van der Waals surface area (Å²) in [5.74, 6) is -1.97. The summed E-state index contributed by atoms with van der Waals surface area (Å²) < 4.78 is 18.5. The molecule has 0 heterocycles. The standard InChI is InChI=1S/C23H17ClFN3O4/c24-18-9-7-16(8-10-18)22(30)26-14-21(29)28-27-13-15-3-1-6-20(11-15)32-23(31)17-4-2-5-19(25)12-17/h1-13H,14H2,(H,26,30)(H,28,29)/b27-13-. The van der Waals surface area contributed by atoms with Crippen molar-refractivity contribution < 1.29 is 23.5 Å². The van der Waals surface area contributed by atoms with Gasteiger partial charge in [0.05, 0.1) is 18.3 Å². The Morgan fingerprint density at radius 3 is 2.47 bits per heavy atom. The minimum atomic E-state index is -0.705. The zero-order chi connectivity index (χ0) is 22.9. The predicted octanol–water partition coefficient (Wildman–Crippen LogP) is 3.58. The minimum Gasteiger partial charge on any atom is -0.423 e. The van der Waals surface area contributed by atoms with Crippen LogP contribution in [0, 0.1) is 5.82 Å². The van der Waals surface area contributed by atoms with Gasteiger partial charge in [0.15, 0.2) is 0 Å². The van der Waals surface area contributed by atoms with Gasteiger partial charge in [-0.1, -0.05) is 29.8 Å². The number of nitrogens with zero attached hydrogens (tertiary/aromatic N) is 1. The van der Waals surface area contributed by atoms with Crippen molar-refractivity contribution >= 4 is 35.6 Å². The van der Waals surface area contributed by atoms with Crippen molar-refractivity contribution in [2.45, 2.75) is 0 Å². The van der Waals surface area contributed by atoms with E-state index in [1.807, 2.05) is 0 Å². The van der Waals surface area contributed by atoms with Crippen LogP contribution in [0.25, 0.3) is 0 Å². The van der Waals surface area contributed by atoms with E-state index in [0.717, 1.165) is 6.07 Å². The van der Waals surface area contributed by atoms with Crippen LogP contribution in [0.15, 0.2) is 77.9 Å². The molecule has 0 aliphatic rings. The van der Waals surface area contributed by atoms with Gasteiger partial charge in [-0.3, -0.25) is 9.59 Å². The molecule has 0 aliphatic heterocycles. The summed E-state index contributed by atoms with van der Waals surface area (Å²) >= 11 is 5.77. The molecule has 2 N–H and O–H groups in total. The average molecular weight is 454 g/mol. The number of rotatable bonds is 7. The normalized spacial score (nSPS) is 10.6. The highest BCUT2D eigenvalue weighted by Gasteiger charge is 2.10. The molecule has 3 rings (SSSR count). The quantitative estimate of drug-likeness (QED) is 0.247. The first kappa shape index (κ1) is 22.6. The van der Waals surface area contributed by atoms with Crippen LogP contribution in [-0.4, -0.2) is 30.5 Å². The molecule has 0 unspecified atom stereocenters. The second kappa shape index (κ2) is 10.8. The summed E-state index contributed by atoms with van der Waals surface area (Å²) in [5.41, 5.74) is 3.28. The SMILES string of the molecule is O=C(CNC(=O)c1ccc(Cl)cc1)N/N=C\c1cccc(OC(=O)c2cccc(F)c2)c1. The number of hydrogen-bond donors (Lipinski definition) is 2. The molecule has 0 bridgehead atoms. The fourth-order valence-corrected chi connectivity index (χ4v) is 2.65. The molecule has 0 spiro atoms. The first-order valence-corrected chi connectivity index (χ1v) is 9.72. The van der Waals surface area contributed by atoms with Crippen LogP contribution in [0.3, 0.4) is 0 Å². The molecule has 0 atom stereocenters. The maximum Gasteiger partial charge on any atom is 0.343 e. The van der Waals surface area contributed by atoms with E-state index in [9.17, 15) is 18.8 Å². The molecular weight excluding hydrogens is 437 g/mol. The van der Waals surface area contributed by atoms with Crippen LogP contribution in [-0.2, 0) is 4.79 Å². The molecule has 0 fully saturated rings. The molecular formula is C23H17ClFN3O4. The first-order valence-electron chi connectivity index (χ1n) is 9.34. The lowest BCUT2D eigenvalue weighted by Crippen LogP contribution is -2.34. The Balaban J connectivity index is 1.49. The van der Waals surface area contributed by atoms with Crippen LogP contribution < -0.4 is 15.5 Å². The van der Waals surface area contributed by atoms with Crippen LogP contribution in [0.1, 0.15) is 26.3 Å². The van der Waals surface area contributed by atoms with Crippen LogP contribution in [0.2, 0.25) is 5.02 Å². The molecule has 2 amide bonds. The number of ether oxygens (including phenoxy) is 1.